The highest BCUT2D eigenvalue weighted by Gasteiger charge is 2.43. The van der Waals surface area contributed by atoms with Crippen LogP contribution in [0.4, 0.5) is 0 Å². The van der Waals surface area contributed by atoms with Crippen LogP contribution in [0.3, 0.4) is 0 Å². The molecule has 1 saturated carbocycles. The van der Waals surface area contributed by atoms with Gasteiger partial charge in [-0.25, -0.2) is 0 Å². The summed E-state index contributed by atoms with van der Waals surface area (Å²) >= 11 is 0. The quantitative estimate of drug-likeness (QED) is 0.663. The lowest BCUT2D eigenvalue weighted by atomic mass is 9.76. The molecule has 16 heavy (non-hydrogen) atoms. The maximum atomic E-state index is 6.49. The standard InChI is InChI=1S/C14H28N2/c1-10-5-6-16-12-8-13(2,3)9-14(4,15)7-11(10)12/h10-12,16H,5-9,15H2,1-4H3. The second-order valence-electron chi connectivity index (χ2n) is 7.39. The Kier molecular flexibility index (Phi) is 3.09. The van der Waals surface area contributed by atoms with E-state index in [0.717, 1.165) is 18.3 Å². The Morgan fingerprint density at radius 1 is 1.19 bits per heavy atom. The molecular weight excluding hydrogens is 196 g/mol. The Morgan fingerprint density at radius 2 is 1.88 bits per heavy atom. The van der Waals surface area contributed by atoms with Crippen molar-refractivity contribution in [2.24, 2.45) is 23.0 Å². The van der Waals surface area contributed by atoms with Crippen molar-refractivity contribution in [2.75, 3.05) is 6.54 Å². The second-order valence-corrected chi connectivity index (χ2v) is 7.39. The van der Waals surface area contributed by atoms with E-state index in [1.807, 2.05) is 0 Å². The number of fused-ring (bicyclic) bond motifs is 1. The van der Waals surface area contributed by atoms with Crippen LogP contribution < -0.4 is 11.1 Å². The third-order valence-corrected chi connectivity index (χ3v) is 4.61. The topological polar surface area (TPSA) is 38.0 Å². The molecule has 94 valence electrons. The predicted octanol–water partition coefficient (Wildman–Crippen LogP) is 2.53. The van der Waals surface area contributed by atoms with E-state index in [1.165, 1.54) is 25.8 Å². The van der Waals surface area contributed by atoms with Crippen molar-refractivity contribution in [3.63, 3.8) is 0 Å². The summed E-state index contributed by atoms with van der Waals surface area (Å²) in [5, 5.41) is 3.73. The smallest absolute Gasteiger partial charge is 0.0134 e. The maximum absolute atomic E-state index is 6.49. The summed E-state index contributed by atoms with van der Waals surface area (Å²) in [6.45, 7) is 10.6. The molecule has 2 aliphatic rings. The zero-order valence-electron chi connectivity index (χ0n) is 11.3. The van der Waals surface area contributed by atoms with Gasteiger partial charge in [-0.05, 0) is 56.4 Å². The van der Waals surface area contributed by atoms with Gasteiger partial charge in [-0.2, -0.15) is 0 Å². The Bertz CT molecular complexity index is 257. The first-order chi connectivity index (χ1) is 7.29. The molecule has 2 rings (SSSR count). The van der Waals surface area contributed by atoms with Crippen LogP contribution >= 0.6 is 0 Å². The van der Waals surface area contributed by atoms with E-state index in [2.05, 4.69) is 33.0 Å². The van der Waals surface area contributed by atoms with Gasteiger partial charge in [0.1, 0.15) is 0 Å². The molecular formula is C14H28N2. The lowest BCUT2D eigenvalue weighted by Gasteiger charge is -2.39. The van der Waals surface area contributed by atoms with E-state index in [9.17, 15) is 0 Å². The number of hydrogen-bond acceptors (Lipinski definition) is 2. The van der Waals surface area contributed by atoms with E-state index < -0.39 is 0 Å². The first-order valence-electron chi connectivity index (χ1n) is 6.81. The van der Waals surface area contributed by atoms with Crippen LogP contribution in [0.15, 0.2) is 0 Å². The van der Waals surface area contributed by atoms with Gasteiger partial charge in [-0.15, -0.1) is 0 Å². The molecule has 0 aromatic heterocycles. The van der Waals surface area contributed by atoms with Crippen molar-refractivity contribution in [3.8, 4) is 0 Å². The van der Waals surface area contributed by atoms with Crippen molar-refractivity contribution in [3.05, 3.63) is 0 Å². The zero-order valence-corrected chi connectivity index (χ0v) is 11.3. The molecule has 1 aliphatic carbocycles. The van der Waals surface area contributed by atoms with Crippen molar-refractivity contribution in [1.82, 2.24) is 5.32 Å². The van der Waals surface area contributed by atoms with E-state index in [1.54, 1.807) is 0 Å². The average Bonchev–Trinajstić information content (AvgIpc) is 2.17. The highest BCUT2D eigenvalue weighted by Crippen LogP contribution is 2.44. The summed E-state index contributed by atoms with van der Waals surface area (Å²) < 4.78 is 0. The highest BCUT2D eigenvalue weighted by molar-refractivity contribution is 5.00. The van der Waals surface area contributed by atoms with E-state index in [4.69, 9.17) is 5.73 Å². The Morgan fingerprint density at radius 3 is 2.56 bits per heavy atom. The van der Waals surface area contributed by atoms with Crippen LogP contribution in [-0.4, -0.2) is 18.1 Å². The zero-order chi connectivity index (χ0) is 12.0. The number of nitrogens with one attached hydrogen (secondary N) is 1. The van der Waals surface area contributed by atoms with Crippen LogP contribution in [-0.2, 0) is 0 Å². The number of piperidine rings is 1. The van der Waals surface area contributed by atoms with Crippen molar-refractivity contribution in [1.29, 1.82) is 0 Å². The monoisotopic (exact) mass is 224 g/mol. The molecule has 0 amide bonds. The normalized spacial score (nSPS) is 48.2. The second kappa shape index (κ2) is 3.99. The van der Waals surface area contributed by atoms with Crippen LogP contribution in [0.2, 0.25) is 0 Å². The Labute approximate surface area is 100 Å². The molecule has 4 unspecified atom stereocenters. The fraction of sp³-hybridized carbons (Fsp3) is 1.00. The predicted molar refractivity (Wildman–Crippen MR) is 69.3 cm³/mol. The fourth-order valence-corrected chi connectivity index (χ4v) is 4.20. The van der Waals surface area contributed by atoms with Crippen molar-refractivity contribution >= 4 is 0 Å². The van der Waals surface area contributed by atoms with Gasteiger partial charge in [0.05, 0.1) is 0 Å². The third-order valence-electron chi connectivity index (χ3n) is 4.61. The van der Waals surface area contributed by atoms with Gasteiger partial charge in [0.25, 0.3) is 0 Å². The third kappa shape index (κ3) is 2.60. The molecule has 2 fully saturated rings. The van der Waals surface area contributed by atoms with Gasteiger partial charge in [0.15, 0.2) is 0 Å². The van der Waals surface area contributed by atoms with Crippen molar-refractivity contribution < 1.29 is 0 Å². The van der Waals surface area contributed by atoms with E-state index >= 15 is 0 Å². The van der Waals surface area contributed by atoms with Crippen molar-refractivity contribution in [2.45, 2.75) is 65.0 Å². The Balaban J connectivity index is 2.21. The van der Waals surface area contributed by atoms with E-state index in [0.29, 0.717) is 11.5 Å². The molecule has 0 spiro atoms. The summed E-state index contributed by atoms with van der Waals surface area (Å²) in [6.07, 6.45) is 4.95. The van der Waals surface area contributed by atoms with Gasteiger partial charge in [-0.3, -0.25) is 0 Å². The van der Waals surface area contributed by atoms with Crippen LogP contribution in [0, 0.1) is 17.3 Å². The summed E-state index contributed by atoms with van der Waals surface area (Å²) in [5.74, 6) is 1.62. The minimum Gasteiger partial charge on any atom is -0.325 e. The largest absolute Gasteiger partial charge is 0.325 e. The van der Waals surface area contributed by atoms with Crippen LogP contribution in [0.5, 0.6) is 0 Å². The molecule has 0 radical (unpaired) electrons. The SMILES string of the molecule is CC1CCNC2CC(C)(C)CC(C)(N)CC12. The number of nitrogens with two attached hydrogens (primary N) is 1. The highest BCUT2D eigenvalue weighted by atomic mass is 14.9. The molecule has 1 saturated heterocycles. The van der Waals surface area contributed by atoms with Gasteiger partial charge in [0.2, 0.25) is 0 Å². The summed E-state index contributed by atoms with van der Waals surface area (Å²) in [7, 11) is 0. The van der Waals surface area contributed by atoms with Gasteiger partial charge in [-0.1, -0.05) is 20.8 Å². The molecule has 2 nitrogen and oxygen atoms in total. The first-order valence-corrected chi connectivity index (χ1v) is 6.81. The molecule has 0 aromatic carbocycles. The van der Waals surface area contributed by atoms with Gasteiger partial charge < -0.3 is 11.1 Å². The van der Waals surface area contributed by atoms with Gasteiger partial charge >= 0.3 is 0 Å². The molecule has 3 N–H and O–H groups in total. The maximum Gasteiger partial charge on any atom is 0.0134 e. The summed E-state index contributed by atoms with van der Waals surface area (Å²) in [6, 6.07) is 0.698. The van der Waals surface area contributed by atoms with Crippen LogP contribution in [0.25, 0.3) is 0 Å². The van der Waals surface area contributed by atoms with E-state index in [-0.39, 0.29) is 5.54 Å². The molecule has 4 atom stereocenters. The lowest BCUT2D eigenvalue weighted by Crippen LogP contribution is -2.48. The minimum atomic E-state index is 0.0240. The number of hydrogen-bond donors (Lipinski definition) is 2. The Hall–Kier alpha value is -0.0800. The lowest BCUT2D eigenvalue weighted by molar-refractivity contribution is 0.164. The average molecular weight is 224 g/mol. The minimum absolute atomic E-state index is 0.0240. The molecule has 1 aliphatic heterocycles. The van der Waals surface area contributed by atoms with Crippen LogP contribution in [0.1, 0.15) is 53.4 Å². The molecule has 0 aromatic rings. The molecule has 1 heterocycles. The fourth-order valence-electron chi connectivity index (χ4n) is 4.20. The van der Waals surface area contributed by atoms with Gasteiger partial charge in [0, 0.05) is 11.6 Å². The first kappa shape index (κ1) is 12.4. The molecule has 2 heteroatoms. The summed E-state index contributed by atoms with van der Waals surface area (Å²) in [5.41, 5.74) is 6.90. The summed E-state index contributed by atoms with van der Waals surface area (Å²) in [4.78, 5) is 0. The molecule has 0 bridgehead atoms. The number of rotatable bonds is 0.